The quantitative estimate of drug-likeness (QED) is 0.809. The van der Waals surface area contributed by atoms with Gasteiger partial charge in [0.2, 0.25) is 11.8 Å². The Morgan fingerprint density at radius 3 is 2.57 bits per heavy atom. The molecule has 1 aromatic rings. The van der Waals surface area contributed by atoms with Crippen LogP contribution in [0.3, 0.4) is 0 Å². The number of nitrogens with zero attached hydrogens (tertiary/aromatic N) is 5. The molecule has 0 aromatic carbocycles. The van der Waals surface area contributed by atoms with E-state index < -0.39 is 0 Å². The third kappa shape index (κ3) is 4.29. The summed E-state index contributed by atoms with van der Waals surface area (Å²) in [7, 11) is 1.87. The number of nitrogens with one attached hydrogen (secondary N) is 1. The van der Waals surface area contributed by atoms with Crippen LogP contribution in [0.2, 0.25) is 0 Å². The van der Waals surface area contributed by atoms with Crippen LogP contribution in [-0.2, 0) is 22.6 Å². The molecule has 1 aromatic heterocycles. The highest BCUT2D eigenvalue weighted by Gasteiger charge is 2.34. The number of carbonyl (C=O) groups excluding carboxylic acids is 2. The van der Waals surface area contributed by atoms with Crippen molar-refractivity contribution < 1.29 is 9.59 Å². The number of piperidine rings is 1. The first kappa shape index (κ1) is 21.0. The van der Waals surface area contributed by atoms with Crippen LogP contribution in [0.25, 0.3) is 0 Å². The fraction of sp³-hybridized carbons (Fsp3) is 0.727. The molecule has 0 bridgehead atoms. The minimum Gasteiger partial charge on any atom is -0.373 e. The van der Waals surface area contributed by atoms with Gasteiger partial charge in [-0.25, -0.2) is 9.97 Å². The molecular formula is C22H34N6O2. The van der Waals surface area contributed by atoms with E-state index in [0.717, 1.165) is 61.9 Å². The van der Waals surface area contributed by atoms with Crippen LogP contribution in [0.15, 0.2) is 0 Å². The standard InChI is InChI=1S/C22H34N6O2/c1-15-6-10-26(11-7-15)14-20(30)28-9-4-5-19(28)22-24-18-13-27(16(2)29)12-8-17(18)21(23-3)25-22/h15,19H,4-14H2,1-3H3,(H,23,24,25)/t19-/m1/s1. The van der Waals surface area contributed by atoms with Crippen molar-refractivity contribution in [2.24, 2.45) is 5.92 Å². The summed E-state index contributed by atoms with van der Waals surface area (Å²) in [6, 6.07) is -0.0775. The van der Waals surface area contributed by atoms with Gasteiger partial charge in [0.15, 0.2) is 5.82 Å². The number of hydrogen-bond donors (Lipinski definition) is 1. The van der Waals surface area contributed by atoms with Crippen LogP contribution in [0.1, 0.15) is 62.7 Å². The van der Waals surface area contributed by atoms with E-state index in [9.17, 15) is 9.59 Å². The summed E-state index contributed by atoms with van der Waals surface area (Å²) >= 11 is 0. The molecule has 8 heteroatoms. The number of hydrogen-bond acceptors (Lipinski definition) is 6. The van der Waals surface area contributed by atoms with Crippen molar-refractivity contribution in [2.45, 2.75) is 58.5 Å². The molecule has 0 spiro atoms. The maximum atomic E-state index is 13.1. The second-order valence-electron chi connectivity index (χ2n) is 9.00. The van der Waals surface area contributed by atoms with E-state index in [4.69, 9.17) is 9.97 Å². The highest BCUT2D eigenvalue weighted by molar-refractivity contribution is 5.79. The molecule has 1 N–H and O–H groups in total. The number of carbonyl (C=O) groups is 2. The summed E-state index contributed by atoms with van der Waals surface area (Å²) in [5.74, 6) is 2.56. The molecule has 3 aliphatic heterocycles. The van der Waals surface area contributed by atoms with Crippen molar-refractivity contribution in [3.63, 3.8) is 0 Å². The molecule has 30 heavy (non-hydrogen) atoms. The topological polar surface area (TPSA) is 81.7 Å². The fourth-order valence-electron chi connectivity index (χ4n) is 4.91. The summed E-state index contributed by atoms with van der Waals surface area (Å²) in [5, 5.41) is 3.21. The minimum absolute atomic E-state index is 0.0698. The first-order valence-corrected chi connectivity index (χ1v) is 11.3. The first-order valence-electron chi connectivity index (χ1n) is 11.3. The van der Waals surface area contributed by atoms with Gasteiger partial charge < -0.3 is 15.1 Å². The number of fused-ring (bicyclic) bond motifs is 1. The number of rotatable bonds is 4. The van der Waals surface area contributed by atoms with Crippen molar-refractivity contribution in [3.8, 4) is 0 Å². The van der Waals surface area contributed by atoms with E-state index >= 15 is 0 Å². The van der Waals surface area contributed by atoms with Crippen molar-refractivity contribution >= 4 is 17.6 Å². The van der Waals surface area contributed by atoms with Crippen LogP contribution in [-0.4, -0.2) is 76.3 Å². The van der Waals surface area contributed by atoms with E-state index in [2.05, 4.69) is 17.1 Å². The Bertz CT molecular complexity index is 805. The van der Waals surface area contributed by atoms with Crippen LogP contribution >= 0.6 is 0 Å². The predicted molar refractivity (Wildman–Crippen MR) is 115 cm³/mol. The lowest BCUT2D eigenvalue weighted by Gasteiger charge is -2.33. The van der Waals surface area contributed by atoms with E-state index in [1.165, 1.54) is 12.8 Å². The van der Waals surface area contributed by atoms with Crippen molar-refractivity contribution in [2.75, 3.05) is 45.1 Å². The van der Waals surface area contributed by atoms with E-state index in [1.54, 1.807) is 6.92 Å². The molecule has 0 radical (unpaired) electrons. The fourth-order valence-corrected chi connectivity index (χ4v) is 4.91. The van der Waals surface area contributed by atoms with Crippen molar-refractivity contribution in [1.29, 1.82) is 0 Å². The van der Waals surface area contributed by atoms with Gasteiger partial charge in [0.1, 0.15) is 5.82 Å². The first-order chi connectivity index (χ1) is 14.5. The Kier molecular flexibility index (Phi) is 6.22. The van der Waals surface area contributed by atoms with Gasteiger partial charge in [-0.15, -0.1) is 0 Å². The molecule has 0 aliphatic carbocycles. The minimum atomic E-state index is -0.0775. The SMILES string of the molecule is CNc1nc([C@H]2CCCN2C(=O)CN2CCC(C)CC2)nc2c1CCN(C(C)=O)C2. The second kappa shape index (κ2) is 8.88. The largest absolute Gasteiger partial charge is 0.373 e. The van der Waals surface area contributed by atoms with Crippen LogP contribution in [0, 0.1) is 5.92 Å². The van der Waals surface area contributed by atoms with Gasteiger partial charge in [-0.05, 0) is 51.1 Å². The molecule has 3 aliphatic rings. The number of likely N-dealkylation sites (tertiary alicyclic amines) is 2. The Labute approximate surface area is 179 Å². The van der Waals surface area contributed by atoms with Crippen LogP contribution < -0.4 is 5.32 Å². The summed E-state index contributed by atoms with van der Waals surface area (Å²) < 4.78 is 0. The van der Waals surface area contributed by atoms with E-state index in [0.29, 0.717) is 25.5 Å². The summed E-state index contributed by atoms with van der Waals surface area (Å²) in [5.41, 5.74) is 2.01. The zero-order chi connectivity index (χ0) is 21.3. The Morgan fingerprint density at radius 2 is 1.87 bits per heavy atom. The maximum Gasteiger partial charge on any atom is 0.237 e. The zero-order valence-electron chi connectivity index (χ0n) is 18.5. The lowest BCUT2D eigenvalue weighted by molar-refractivity contribution is -0.134. The molecule has 2 saturated heterocycles. The molecule has 164 valence electrons. The maximum absolute atomic E-state index is 13.1. The Balaban J connectivity index is 1.53. The van der Waals surface area contributed by atoms with Gasteiger partial charge in [-0.3, -0.25) is 14.5 Å². The molecule has 0 unspecified atom stereocenters. The molecule has 0 saturated carbocycles. The smallest absolute Gasteiger partial charge is 0.237 e. The molecule has 1 atom stereocenters. The highest BCUT2D eigenvalue weighted by Crippen LogP contribution is 2.33. The van der Waals surface area contributed by atoms with Gasteiger partial charge in [0, 0.05) is 32.6 Å². The van der Waals surface area contributed by atoms with Gasteiger partial charge in [0.25, 0.3) is 0 Å². The zero-order valence-corrected chi connectivity index (χ0v) is 18.5. The van der Waals surface area contributed by atoms with E-state index in [-0.39, 0.29) is 17.9 Å². The van der Waals surface area contributed by atoms with Gasteiger partial charge >= 0.3 is 0 Å². The average Bonchev–Trinajstić information content (AvgIpc) is 3.24. The monoisotopic (exact) mass is 414 g/mol. The Morgan fingerprint density at radius 1 is 1.10 bits per heavy atom. The second-order valence-corrected chi connectivity index (χ2v) is 9.00. The molecule has 8 nitrogen and oxygen atoms in total. The van der Waals surface area contributed by atoms with Crippen LogP contribution in [0.5, 0.6) is 0 Å². The predicted octanol–water partition coefficient (Wildman–Crippen LogP) is 1.82. The lowest BCUT2D eigenvalue weighted by Crippen LogP contribution is -2.43. The summed E-state index contributed by atoms with van der Waals surface area (Å²) in [4.78, 5) is 40.8. The lowest BCUT2D eigenvalue weighted by atomic mass is 9.99. The normalized spacial score (nSPS) is 22.8. The average molecular weight is 415 g/mol. The molecule has 2 amide bonds. The number of aromatic nitrogens is 2. The summed E-state index contributed by atoms with van der Waals surface area (Å²) in [6.45, 7) is 8.37. The van der Waals surface area contributed by atoms with Crippen molar-refractivity contribution in [3.05, 3.63) is 17.1 Å². The van der Waals surface area contributed by atoms with Crippen molar-refractivity contribution in [1.82, 2.24) is 24.7 Å². The molecule has 4 rings (SSSR count). The summed E-state index contributed by atoms with van der Waals surface area (Å²) in [6.07, 6.45) is 4.96. The highest BCUT2D eigenvalue weighted by atomic mass is 16.2. The van der Waals surface area contributed by atoms with Gasteiger partial charge in [0.05, 0.1) is 24.8 Å². The molecule has 2 fully saturated rings. The third-order valence-corrected chi connectivity index (χ3v) is 6.87. The molecular weight excluding hydrogens is 380 g/mol. The third-order valence-electron chi connectivity index (χ3n) is 6.87. The number of amides is 2. The van der Waals surface area contributed by atoms with Gasteiger partial charge in [-0.1, -0.05) is 6.92 Å². The van der Waals surface area contributed by atoms with Gasteiger partial charge in [-0.2, -0.15) is 0 Å². The number of anilines is 1. The van der Waals surface area contributed by atoms with Crippen LogP contribution in [0.4, 0.5) is 5.82 Å². The Hall–Kier alpha value is -2.22. The molecule has 4 heterocycles. The van der Waals surface area contributed by atoms with E-state index in [1.807, 2.05) is 16.8 Å².